The maximum absolute atomic E-state index is 9.67. The third-order valence-electron chi connectivity index (χ3n) is 2.31. The Morgan fingerprint density at radius 1 is 1.60 bits per heavy atom. The summed E-state index contributed by atoms with van der Waals surface area (Å²) in [5.41, 5.74) is 1.72. The van der Waals surface area contributed by atoms with E-state index in [0.717, 1.165) is 11.3 Å². The molecule has 15 heavy (non-hydrogen) atoms. The van der Waals surface area contributed by atoms with E-state index in [2.05, 4.69) is 20.6 Å². The molecule has 0 bridgehead atoms. The molecule has 82 valence electrons. The van der Waals surface area contributed by atoms with Crippen molar-refractivity contribution in [1.29, 1.82) is 0 Å². The minimum absolute atomic E-state index is 0.310. The highest BCUT2D eigenvalue weighted by Gasteiger charge is 2.19. The summed E-state index contributed by atoms with van der Waals surface area (Å²) in [5.74, 6) is 0.625. The van der Waals surface area contributed by atoms with Crippen LogP contribution >= 0.6 is 0 Å². The van der Waals surface area contributed by atoms with Crippen LogP contribution in [0.25, 0.3) is 0 Å². The van der Waals surface area contributed by atoms with Gasteiger partial charge in [0, 0.05) is 30.9 Å². The number of nitrogens with zero attached hydrogens (tertiary/aromatic N) is 2. The van der Waals surface area contributed by atoms with E-state index in [1.54, 1.807) is 6.20 Å². The molecule has 0 amide bonds. The van der Waals surface area contributed by atoms with Gasteiger partial charge in [-0.2, -0.15) is 0 Å². The Bertz CT molecular complexity index is 353. The van der Waals surface area contributed by atoms with Crippen molar-refractivity contribution >= 4 is 5.95 Å². The van der Waals surface area contributed by atoms with Gasteiger partial charge in [0.05, 0.1) is 11.8 Å². The summed E-state index contributed by atoms with van der Waals surface area (Å²) in [6, 6.07) is 0.310. The first-order valence-electron chi connectivity index (χ1n) is 5.18. The molecule has 1 unspecified atom stereocenters. The number of aromatic nitrogens is 2. The van der Waals surface area contributed by atoms with Crippen LogP contribution in [0.4, 0.5) is 5.95 Å². The van der Waals surface area contributed by atoms with Crippen LogP contribution in [0.2, 0.25) is 0 Å². The lowest BCUT2D eigenvalue weighted by Crippen LogP contribution is -2.29. The highest BCUT2D eigenvalue weighted by Crippen LogP contribution is 2.20. The number of nitrogens with one attached hydrogen (secondary N) is 2. The summed E-state index contributed by atoms with van der Waals surface area (Å²) in [4.78, 5) is 8.53. The largest absolute Gasteiger partial charge is 0.387 e. The van der Waals surface area contributed by atoms with Gasteiger partial charge in [-0.05, 0) is 13.8 Å². The topological polar surface area (TPSA) is 70.1 Å². The lowest BCUT2D eigenvalue weighted by atomic mass is 10.1. The standard InChI is InChI=1S/C10H16N4O/c1-6(2)13-10-12-3-7-8(14-10)4-11-5-9(7)15/h3,6,9,11,15H,4-5H2,1-2H3,(H,12,13,14). The minimum Gasteiger partial charge on any atom is -0.387 e. The number of fused-ring (bicyclic) bond motifs is 1. The Balaban J connectivity index is 2.25. The molecule has 0 saturated carbocycles. The van der Waals surface area contributed by atoms with E-state index in [-0.39, 0.29) is 0 Å². The molecule has 0 fully saturated rings. The van der Waals surface area contributed by atoms with Crippen LogP contribution in [-0.2, 0) is 6.54 Å². The first kappa shape index (κ1) is 10.3. The van der Waals surface area contributed by atoms with Crippen molar-refractivity contribution in [2.75, 3.05) is 11.9 Å². The van der Waals surface area contributed by atoms with E-state index in [0.29, 0.717) is 25.1 Å². The van der Waals surface area contributed by atoms with Crippen molar-refractivity contribution in [2.45, 2.75) is 32.5 Å². The number of hydrogen-bond acceptors (Lipinski definition) is 5. The fourth-order valence-corrected chi connectivity index (χ4v) is 1.61. The lowest BCUT2D eigenvalue weighted by molar-refractivity contribution is 0.163. The van der Waals surface area contributed by atoms with Gasteiger partial charge in [-0.3, -0.25) is 0 Å². The van der Waals surface area contributed by atoms with E-state index < -0.39 is 6.10 Å². The van der Waals surface area contributed by atoms with Gasteiger partial charge in [-0.25, -0.2) is 9.97 Å². The van der Waals surface area contributed by atoms with Crippen molar-refractivity contribution in [3.8, 4) is 0 Å². The summed E-state index contributed by atoms with van der Waals surface area (Å²) >= 11 is 0. The molecule has 1 aromatic rings. The number of aliphatic hydroxyl groups excluding tert-OH is 1. The van der Waals surface area contributed by atoms with Crippen LogP contribution < -0.4 is 10.6 Å². The Kier molecular flexibility index (Phi) is 2.83. The van der Waals surface area contributed by atoms with Gasteiger partial charge in [0.15, 0.2) is 0 Å². The monoisotopic (exact) mass is 208 g/mol. The summed E-state index contributed by atoms with van der Waals surface area (Å²) in [6.07, 6.45) is 1.22. The Morgan fingerprint density at radius 2 is 2.40 bits per heavy atom. The second-order valence-electron chi connectivity index (χ2n) is 4.04. The van der Waals surface area contributed by atoms with Crippen molar-refractivity contribution in [3.63, 3.8) is 0 Å². The van der Waals surface area contributed by atoms with Crippen molar-refractivity contribution in [3.05, 3.63) is 17.5 Å². The average Bonchev–Trinajstić information content (AvgIpc) is 2.17. The first-order chi connectivity index (χ1) is 7.16. The SMILES string of the molecule is CC(C)Nc1ncc2c(n1)CNCC2O. The van der Waals surface area contributed by atoms with Gasteiger partial charge in [-0.15, -0.1) is 0 Å². The van der Waals surface area contributed by atoms with Gasteiger partial charge >= 0.3 is 0 Å². The highest BCUT2D eigenvalue weighted by molar-refractivity contribution is 5.32. The number of β-amino-alcohol motifs (C(OH)–C–C–N with tert-alkyl or cyclic N) is 1. The third kappa shape index (κ3) is 2.24. The third-order valence-corrected chi connectivity index (χ3v) is 2.31. The summed E-state index contributed by atoms with van der Waals surface area (Å²) in [7, 11) is 0. The van der Waals surface area contributed by atoms with Crippen molar-refractivity contribution < 1.29 is 5.11 Å². The maximum atomic E-state index is 9.67. The number of rotatable bonds is 2. The molecule has 2 heterocycles. The van der Waals surface area contributed by atoms with Crippen LogP contribution in [0.1, 0.15) is 31.2 Å². The number of aliphatic hydroxyl groups is 1. The van der Waals surface area contributed by atoms with E-state index >= 15 is 0 Å². The zero-order valence-corrected chi connectivity index (χ0v) is 8.99. The zero-order chi connectivity index (χ0) is 10.8. The predicted octanol–water partition coefficient (Wildman–Crippen LogP) is 0.433. The van der Waals surface area contributed by atoms with Crippen LogP contribution in [0.5, 0.6) is 0 Å². The highest BCUT2D eigenvalue weighted by atomic mass is 16.3. The molecular formula is C10H16N4O. The van der Waals surface area contributed by atoms with E-state index in [1.165, 1.54) is 0 Å². The van der Waals surface area contributed by atoms with Gasteiger partial charge < -0.3 is 15.7 Å². The molecule has 1 aliphatic heterocycles. The predicted molar refractivity (Wildman–Crippen MR) is 57.5 cm³/mol. The molecule has 0 saturated heterocycles. The Hall–Kier alpha value is -1.20. The molecule has 1 atom stereocenters. The summed E-state index contributed by atoms with van der Waals surface area (Å²) in [5, 5.41) is 15.9. The molecule has 5 nitrogen and oxygen atoms in total. The molecule has 0 aromatic carbocycles. The van der Waals surface area contributed by atoms with Crippen molar-refractivity contribution in [2.24, 2.45) is 0 Å². The number of hydrogen-bond donors (Lipinski definition) is 3. The first-order valence-corrected chi connectivity index (χ1v) is 5.18. The summed E-state index contributed by atoms with van der Waals surface area (Å²) < 4.78 is 0. The fraction of sp³-hybridized carbons (Fsp3) is 0.600. The fourth-order valence-electron chi connectivity index (χ4n) is 1.61. The number of anilines is 1. The van der Waals surface area contributed by atoms with Crippen LogP contribution in [-0.4, -0.2) is 27.7 Å². The van der Waals surface area contributed by atoms with Crippen molar-refractivity contribution in [1.82, 2.24) is 15.3 Å². The maximum Gasteiger partial charge on any atom is 0.223 e. The Morgan fingerprint density at radius 3 is 3.13 bits per heavy atom. The van der Waals surface area contributed by atoms with Crippen LogP contribution in [0.3, 0.4) is 0 Å². The van der Waals surface area contributed by atoms with E-state index in [1.807, 2.05) is 13.8 Å². The molecular weight excluding hydrogens is 192 g/mol. The molecule has 0 aliphatic carbocycles. The zero-order valence-electron chi connectivity index (χ0n) is 8.99. The average molecular weight is 208 g/mol. The van der Waals surface area contributed by atoms with Crippen LogP contribution in [0, 0.1) is 0 Å². The normalized spacial score (nSPS) is 20.1. The van der Waals surface area contributed by atoms with Gasteiger partial charge in [0.25, 0.3) is 0 Å². The van der Waals surface area contributed by atoms with Gasteiger partial charge in [0.1, 0.15) is 0 Å². The Labute approximate surface area is 88.9 Å². The molecule has 0 radical (unpaired) electrons. The van der Waals surface area contributed by atoms with E-state index in [9.17, 15) is 5.11 Å². The molecule has 1 aliphatic rings. The molecule has 5 heteroatoms. The second kappa shape index (κ2) is 4.12. The van der Waals surface area contributed by atoms with Gasteiger partial charge in [0.2, 0.25) is 5.95 Å². The van der Waals surface area contributed by atoms with Crippen LogP contribution in [0.15, 0.2) is 6.20 Å². The van der Waals surface area contributed by atoms with Gasteiger partial charge in [-0.1, -0.05) is 0 Å². The lowest BCUT2D eigenvalue weighted by Gasteiger charge is -2.21. The molecule has 1 aromatic heterocycles. The molecule has 3 N–H and O–H groups in total. The molecule has 2 rings (SSSR count). The quantitative estimate of drug-likeness (QED) is 0.657. The smallest absolute Gasteiger partial charge is 0.223 e. The summed E-state index contributed by atoms with van der Waals surface area (Å²) in [6.45, 7) is 5.35. The molecule has 0 spiro atoms. The second-order valence-corrected chi connectivity index (χ2v) is 4.04. The minimum atomic E-state index is -0.484. The van der Waals surface area contributed by atoms with E-state index in [4.69, 9.17) is 0 Å².